The van der Waals surface area contributed by atoms with E-state index in [9.17, 15) is 4.79 Å². The average Bonchev–Trinajstić information content (AvgIpc) is 2.84. The normalized spacial score (nSPS) is 17.1. The molecule has 1 aromatic heterocycles. The maximum Gasteiger partial charge on any atom is 0.265 e. The van der Waals surface area contributed by atoms with E-state index in [1.54, 1.807) is 18.3 Å². The highest BCUT2D eigenvalue weighted by molar-refractivity contribution is 7.10. The lowest BCUT2D eigenvalue weighted by molar-refractivity contribution is -0.122. The van der Waals surface area contributed by atoms with Gasteiger partial charge in [0, 0.05) is 22.5 Å². The van der Waals surface area contributed by atoms with Gasteiger partial charge >= 0.3 is 0 Å². The molecule has 104 valence electrons. The molecule has 6 heteroatoms. The molecule has 1 aliphatic heterocycles. The molecule has 20 heavy (non-hydrogen) atoms. The van der Waals surface area contributed by atoms with E-state index in [0.29, 0.717) is 18.0 Å². The summed E-state index contributed by atoms with van der Waals surface area (Å²) in [4.78, 5) is 12.7. The molecule has 0 saturated heterocycles. The number of hydrogen-bond acceptors (Lipinski definition) is 4. The molecular weight excluding hydrogens is 296 g/mol. The van der Waals surface area contributed by atoms with Crippen molar-refractivity contribution in [3.05, 3.63) is 39.5 Å². The third-order valence-corrected chi connectivity index (χ3v) is 4.28. The van der Waals surface area contributed by atoms with Crippen LogP contribution in [0.3, 0.4) is 0 Å². The van der Waals surface area contributed by atoms with E-state index >= 15 is 0 Å². The molecule has 2 aromatic rings. The van der Waals surface area contributed by atoms with Crippen molar-refractivity contribution in [1.29, 1.82) is 0 Å². The Balaban J connectivity index is 1.72. The van der Waals surface area contributed by atoms with Gasteiger partial charge in [-0.05, 0) is 31.2 Å². The zero-order valence-electron chi connectivity index (χ0n) is 10.8. The number of ether oxygens (including phenoxy) is 1. The van der Waals surface area contributed by atoms with Gasteiger partial charge in [-0.1, -0.05) is 11.6 Å². The number of amides is 1. The number of rotatable bonds is 3. The van der Waals surface area contributed by atoms with Gasteiger partial charge in [-0.2, -0.15) is 0 Å². The van der Waals surface area contributed by atoms with E-state index in [-0.39, 0.29) is 5.91 Å². The summed E-state index contributed by atoms with van der Waals surface area (Å²) in [5, 5.41) is 8.79. The minimum atomic E-state index is -0.449. The van der Waals surface area contributed by atoms with Crippen molar-refractivity contribution >= 4 is 40.2 Å². The van der Waals surface area contributed by atoms with Gasteiger partial charge in [0.05, 0.1) is 10.7 Å². The van der Waals surface area contributed by atoms with Crippen LogP contribution in [0, 0.1) is 0 Å². The molecule has 1 amide bonds. The molecule has 0 fully saturated rings. The average molecular weight is 309 g/mol. The van der Waals surface area contributed by atoms with Gasteiger partial charge in [-0.3, -0.25) is 4.79 Å². The van der Waals surface area contributed by atoms with Gasteiger partial charge in [-0.25, -0.2) is 0 Å². The second kappa shape index (κ2) is 5.34. The van der Waals surface area contributed by atoms with Crippen molar-refractivity contribution < 1.29 is 9.53 Å². The third kappa shape index (κ3) is 2.73. The smallest absolute Gasteiger partial charge is 0.265 e. The van der Waals surface area contributed by atoms with Gasteiger partial charge in [0.2, 0.25) is 0 Å². The van der Waals surface area contributed by atoms with E-state index in [4.69, 9.17) is 16.3 Å². The van der Waals surface area contributed by atoms with Crippen LogP contribution < -0.4 is 15.4 Å². The SMILES string of the molecule is CC1Oc2ccc(NCc3cc(Cl)cs3)cc2NC1=O. The van der Waals surface area contributed by atoms with Crippen LogP contribution in [0.2, 0.25) is 5.02 Å². The number of carbonyl (C=O) groups excluding carboxylic acids is 1. The van der Waals surface area contributed by atoms with E-state index in [1.165, 1.54) is 0 Å². The van der Waals surface area contributed by atoms with Gasteiger partial charge in [0.1, 0.15) is 5.75 Å². The molecule has 0 saturated carbocycles. The fourth-order valence-corrected chi connectivity index (χ4v) is 2.97. The molecule has 1 atom stereocenters. The molecule has 0 spiro atoms. The Labute approximate surface area is 125 Å². The fraction of sp³-hybridized carbons (Fsp3) is 0.214. The summed E-state index contributed by atoms with van der Waals surface area (Å²) < 4.78 is 5.51. The fourth-order valence-electron chi connectivity index (χ4n) is 1.95. The van der Waals surface area contributed by atoms with Crippen molar-refractivity contribution in [1.82, 2.24) is 0 Å². The largest absolute Gasteiger partial charge is 0.479 e. The van der Waals surface area contributed by atoms with E-state index < -0.39 is 6.10 Å². The summed E-state index contributed by atoms with van der Waals surface area (Å²) in [6.45, 7) is 2.42. The van der Waals surface area contributed by atoms with Gasteiger partial charge in [0.25, 0.3) is 5.91 Å². The number of thiophene rings is 1. The number of anilines is 2. The van der Waals surface area contributed by atoms with Crippen LogP contribution >= 0.6 is 22.9 Å². The molecule has 4 nitrogen and oxygen atoms in total. The molecule has 1 aliphatic rings. The summed E-state index contributed by atoms with van der Waals surface area (Å²) in [5.74, 6) is 0.571. The van der Waals surface area contributed by atoms with Crippen LogP contribution in [-0.4, -0.2) is 12.0 Å². The number of carbonyl (C=O) groups is 1. The molecule has 0 bridgehead atoms. The molecule has 2 heterocycles. The van der Waals surface area contributed by atoms with Crippen LogP contribution in [0.4, 0.5) is 11.4 Å². The van der Waals surface area contributed by atoms with E-state index in [2.05, 4.69) is 10.6 Å². The van der Waals surface area contributed by atoms with Crippen LogP contribution in [0.15, 0.2) is 29.6 Å². The number of nitrogens with one attached hydrogen (secondary N) is 2. The highest BCUT2D eigenvalue weighted by atomic mass is 35.5. The predicted octanol–water partition coefficient (Wildman–Crippen LogP) is 3.73. The lowest BCUT2D eigenvalue weighted by Gasteiger charge is -2.23. The summed E-state index contributed by atoms with van der Waals surface area (Å²) in [6.07, 6.45) is -0.449. The lowest BCUT2D eigenvalue weighted by atomic mass is 10.2. The minimum absolute atomic E-state index is 0.125. The highest BCUT2D eigenvalue weighted by Gasteiger charge is 2.23. The van der Waals surface area contributed by atoms with Crippen LogP contribution in [0.25, 0.3) is 0 Å². The van der Waals surface area contributed by atoms with Gasteiger partial charge < -0.3 is 15.4 Å². The topological polar surface area (TPSA) is 50.4 Å². The van der Waals surface area contributed by atoms with Crippen molar-refractivity contribution in [3.8, 4) is 5.75 Å². The summed E-state index contributed by atoms with van der Waals surface area (Å²) in [6, 6.07) is 7.59. The first kappa shape index (κ1) is 13.3. The monoisotopic (exact) mass is 308 g/mol. The van der Waals surface area contributed by atoms with Crippen molar-refractivity contribution in [2.75, 3.05) is 10.6 Å². The maximum atomic E-state index is 11.6. The first-order valence-electron chi connectivity index (χ1n) is 6.20. The van der Waals surface area contributed by atoms with Crippen LogP contribution in [0.1, 0.15) is 11.8 Å². The minimum Gasteiger partial charge on any atom is -0.479 e. The molecule has 0 radical (unpaired) electrons. The summed E-state index contributed by atoms with van der Waals surface area (Å²) >= 11 is 7.49. The van der Waals surface area contributed by atoms with Crippen LogP contribution in [-0.2, 0) is 11.3 Å². The summed E-state index contributed by atoms with van der Waals surface area (Å²) in [5.41, 5.74) is 1.62. The lowest BCUT2D eigenvalue weighted by Crippen LogP contribution is -2.34. The molecule has 1 unspecified atom stereocenters. The maximum absolute atomic E-state index is 11.6. The number of fused-ring (bicyclic) bond motifs is 1. The Morgan fingerprint density at radius 3 is 3.05 bits per heavy atom. The van der Waals surface area contributed by atoms with E-state index in [0.717, 1.165) is 15.6 Å². The Hall–Kier alpha value is -1.72. The Kier molecular flexibility index (Phi) is 3.54. The molecule has 3 rings (SSSR count). The second-order valence-electron chi connectivity index (χ2n) is 4.55. The number of benzene rings is 1. The zero-order valence-corrected chi connectivity index (χ0v) is 12.3. The third-order valence-electron chi connectivity index (χ3n) is 3.00. The first-order chi connectivity index (χ1) is 9.61. The second-order valence-corrected chi connectivity index (χ2v) is 5.98. The Morgan fingerprint density at radius 1 is 1.45 bits per heavy atom. The van der Waals surface area contributed by atoms with Crippen molar-refractivity contribution in [2.45, 2.75) is 19.6 Å². The Morgan fingerprint density at radius 2 is 2.30 bits per heavy atom. The first-order valence-corrected chi connectivity index (χ1v) is 7.46. The standard InChI is InChI=1S/C14H13ClN2O2S/c1-8-14(18)17-12-5-10(2-3-13(12)19-8)16-6-11-4-9(15)7-20-11/h2-5,7-8,16H,6H2,1H3,(H,17,18). The Bertz CT molecular complexity index is 656. The van der Waals surface area contributed by atoms with E-state index in [1.807, 2.05) is 29.6 Å². The molecule has 1 aromatic carbocycles. The highest BCUT2D eigenvalue weighted by Crippen LogP contribution is 2.32. The summed E-state index contributed by atoms with van der Waals surface area (Å²) in [7, 11) is 0. The molecular formula is C14H13ClN2O2S. The number of halogens is 1. The quantitative estimate of drug-likeness (QED) is 0.908. The molecule has 0 aliphatic carbocycles. The van der Waals surface area contributed by atoms with Gasteiger partial charge in [0.15, 0.2) is 6.10 Å². The van der Waals surface area contributed by atoms with Gasteiger partial charge in [-0.15, -0.1) is 11.3 Å². The predicted molar refractivity (Wildman–Crippen MR) is 81.8 cm³/mol. The van der Waals surface area contributed by atoms with Crippen molar-refractivity contribution in [3.63, 3.8) is 0 Å². The zero-order chi connectivity index (χ0) is 14.1. The number of hydrogen-bond donors (Lipinski definition) is 2. The molecule has 2 N–H and O–H groups in total. The van der Waals surface area contributed by atoms with Crippen LogP contribution in [0.5, 0.6) is 5.75 Å². The van der Waals surface area contributed by atoms with Crippen molar-refractivity contribution in [2.24, 2.45) is 0 Å².